The van der Waals surface area contributed by atoms with Crippen LogP contribution >= 0.6 is 11.8 Å². The average molecular weight is 458 g/mol. The number of alkyl halides is 2. The van der Waals surface area contributed by atoms with E-state index >= 15 is 0 Å². The van der Waals surface area contributed by atoms with Gasteiger partial charge in [0, 0.05) is 17.5 Å². The van der Waals surface area contributed by atoms with Gasteiger partial charge in [-0.15, -0.1) is 11.8 Å². The standard InChI is InChI=1S/C22H20F2N4O3S/c1-12-16(13(2)31-27-12)11-32-20-15(7-6-10-25-20)21(29)30-14(3)19-26-17-8-4-5-9-18(17)28(19)22(23)24/h4-10,14,22H,11H2,1-3H3. The van der Waals surface area contributed by atoms with Gasteiger partial charge in [0.25, 0.3) is 0 Å². The first kappa shape index (κ1) is 21.9. The van der Waals surface area contributed by atoms with Gasteiger partial charge >= 0.3 is 12.5 Å². The van der Waals surface area contributed by atoms with Crippen LogP contribution in [-0.4, -0.2) is 25.7 Å². The molecule has 0 spiro atoms. The second-order valence-electron chi connectivity index (χ2n) is 7.10. The predicted octanol–water partition coefficient (Wildman–Crippen LogP) is 5.64. The highest BCUT2D eigenvalue weighted by Crippen LogP contribution is 2.31. The van der Waals surface area contributed by atoms with Crippen LogP contribution in [0, 0.1) is 13.8 Å². The monoisotopic (exact) mass is 458 g/mol. The third-order valence-electron chi connectivity index (χ3n) is 4.99. The van der Waals surface area contributed by atoms with Crippen LogP contribution in [0.1, 0.15) is 52.8 Å². The minimum Gasteiger partial charge on any atom is -0.451 e. The lowest BCUT2D eigenvalue weighted by Crippen LogP contribution is -2.15. The number of carbonyl (C=O) groups excluding carboxylic acids is 1. The Balaban J connectivity index is 1.56. The smallest absolute Gasteiger partial charge is 0.341 e. The lowest BCUT2D eigenvalue weighted by molar-refractivity contribution is 0.0229. The molecule has 1 unspecified atom stereocenters. The van der Waals surface area contributed by atoms with Gasteiger partial charge in [0.05, 0.1) is 22.3 Å². The molecule has 7 nitrogen and oxygen atoms in total. The Hall–Kier alpha value is -3.27. The summed E-state index contributed by atoms with van der Waals surface area (Å²) in [6.07, 6.45) is 0.580. The van der Waals surface area contributed by atoms with Gasteiger partial charge in [-0.1, -0.05) is 17.3 Å². The van der Waals surface area contributed by atoms with Gasteiger partial charge in [0.1, 0.15) is 10.8 Å². The number of rotatable bonds is 7. The summed E-state index contributed by atoms with van der Waals surface area (Å²) >= 11 is 1.34. The summed E-state index contributed by atoms with van der Waals surface area (Å²) in [6.45, 7) is 2.36. The van der Waals surface area contributed by atoms with E-state index < -0.39 is 18.6 Å². The second-order valence-corrected chi connectivity index (χ2v) is 8.07. The number of pyridine rings is 1. The minimum atomic E-state index is -2.82. The molecule has 0 amide bonds. The molecule has 0 aliphatic carbocycles. The molecule has 0 N–H and O–H groups in total. The number of benzene rings is 1. The van der Waals surface area contributed by atoms with Gasteiger partial charge < -0.3 is 9.26 Å². The van der Waals surface area contributed by atoms with E-state index in [9.17, 15) is 13.6 Å². The zero-order chi connectivity index (χ0) is 22.8. The largest absolute Gasteiger partial charge is 0.451 e. The highest BCUT2D eigenvalue weighted by Gasteiger charge is 2.26. The maximum atomic E-state index is 13.7. The number of carbonyl (C=O) groups is 1. The number of thioether (sulfide) groups is 1. The van der Waals surface area contributed by atoms with E-state index in [4.69, 9.17) is 9.26 Å². The Kier molecular flexibility index (Phi) is 6.22. The average Bonchev–Trinajstić information content (AvgIpc) is 3.32. The zero-order valence-electron chi connectivity index (χ0n) is 17.6. The molecular formula is C22H20F2N4O3S. The van der Waals surface area contributed by atoms with Gasteiger partial charge in [-0.05, 0) is 45.0 Å². The van der Waals surface area contributed by atoms with E-state index in [1.54, 1.807) is 42.6 Å². The fourth-order valence-corrected chi connectivity index (χ4v) is 4.48. The molecule has 3 heterocycles. The van der Waals surface area contributed by atoms with Crippen molar-refractivity contribution in [3.05, 3.63) is 71.0 Å². The van der Waals surface area contributed by atoms with E-state index in [-0.39, 0.29) is 16.9 Å². The van der Waals surface area contributed by atoms with E-state index in [1.807, 2.05) is 13.8 Å². The number of aromatic nitrogens is 4. The summed E-state index contributed by atoms with van der Waals surface area (Å²) in [4.78, 5) is 21.5. The van der Waals surface area contributed by atoms with Crippen molar-refractivity contribution in [2.24, 2.45) is 0 Å². The number of ether oxygens (including phenoxy) is 1. The molecule has 0 bridgehead atoms. The Morgan fingerprint density at radius 1 is 1.22 bits per heavy atom. The summed E-state index contributed by atoms with van der Waals surface area (Å²) in [7, 11) is 0. The molecule has 4 aromatic rings. The summed E-state index contributed by atoms with van der Waals surface area (Å²) in [6, 6.07) is 9.77. The van der Waals surface area contributed by atoms with E-state index in [1.165, 1.54) is 18.7 Å². The van der Waals surface area contributed by atoms with Crippen molar-refractivity contribution in [1.82, 2.24) is 19.7 Å². The zero-order valence-corrected chi connectivity index (χ0v) is 18.4. The van der Waals surface area contributed by atoms with Crippen molar-refractivity contribution in [3.63, 3.8) is 0 Å². The second kappa shape index (κ2) is 9.07. The Labute approximate surface area is 186 Å². The van der Waals surface area contributed by atoms with Crippen LogP contribution in [0.3, 0.4) is 0 Å². The van der Waals surface area contributed by atoms with E-state index in [2.05, 4.69) is 15.1 Å². The third kappa shape index (κ3) is 4.22. The molecule has 10 heteroatoms. The van der Waals surface area contributed by atoms with Crippen LogP contribution in [0.4, 0.5) is 8.78 Å². The SMILES string of the molecule is Cc1noc(C)c1CSc1ncccc1C(=O)OC(C)c1nc2ccccc2n1C(F)F. The van der Waals surface area contributed by atoms with Crippen LogP contribution in [-0.2, 0) is 10.5 Å². The maximum absolute atomic E-state index is 13.7. The normalized spacial score (nSPS) is 12.4. The van der Waals surface area contributed by atoms with Crippen molar-refractivity contribution in [2.75, 3.05) is 0 Å². The highest BCUT2D eigenvalue weighted by molar-refractivity contribution is 7.98. The number of imidazole rings is 1. The molecule has 166 valence electrons. The first-order valence-corrected chi connectivity index (χ1v) is 10.8. The molecule has 32 heavy (non-hydrogen) atoms. The summed E-state index contributed by atoms with van der Waals surface area (Å²) < 4.78 is 38.9. The lowest BCUT2D eigenvalue weighted by atomic mass is 10.2. The molecule has 3 aromatic heterocycles. The quantitative estimate of drug-likeness (QED) is 0.262. The number of hydrogen-bond donors (Lipinski definition) is 0. The molecule has 0 saturated heterocycles. The molecule has 1 atom stereocenters. The van der Waals surface area contributed by atoms with E-state index in [0.29, 0.717) is 22.1 Å². The lowest BCUT2D eigenvalue weighted by Gasteiger charge is -2.16. The van der Waals surface area contributed by atoms with Crippen molar-refractivity contribution in [2.45, 2.75) is 44.2 Å². The van der Waals surface area contributed by atoms with Crippen molar-refractivity contribution < 1.29 is 22.8 Å². The number of para-hydroxylation sites is 2. The maximum Gasteiger partial charge on any atom is 0.341 e. The number of halogens is 2. The van der Waals surface area contributed by atoms with Crippen LogP contribution in [0.5, 0.6) is 0 Å². The first-order valence-electron chi connectivity index (χ1n) is 9.82. The minimum absolute atomic E-state index is 0.0247. The molecule has 0 radical (unpaired) electrons. The number of nitrogens with zero attached hydrogens (tertiary/aromatic N) is 4. The molecule has 0 saturated carbocycles. The Bertz CT molecular complexity index is 1250. The number of fused-ring (bicyclic) bond motifs is 1. The highest BCUT2D eigenvalue weighted by atomic mass is 32.2. The number of esters is 1. The predicted molar refractivity (Wildman–Crippen MR) is 115 cm³/mol. The van der Waals surface area contributed by atoms with Crippen LogP contribution in [0.25, 0.3) is 11.0 Å². The summed E-state index contributed by atoms with van der Waals surface area (Å²) in [5.74, 6) is 0.521. The topological polar surface area (TPSA) is 83.0 Å². The summed E-state index contributed by atoms with van der Waals surface area (Å²) in [5.41, 5.74) is 2.63. The molecule has 0 fully saturated rings. The van der Waals surface area contributed by atoms with Gasteiger partial charge in [0.15, 0.2) is 11.9 Å². The fourth-order valence-electron chi connectivity index (χ4n) is 3.34. The summed E-state index contributed by atoms with van der Waals surface area (Å²) in [5, 5.41) is 4.39. The Morgan fingerprint density at radius 3 is 2.72 bits per heavy atom. The van der Waals surface area contributed by atoms with Crippen molar-refractivity contribution in [1.29, 1.82) is 0 Å². The van der Waals surface area contributed by atoms with Crippen LogP contribution < -0.4 is 0 Å². The van der Waals surface area contributed by atoms with Crippen molar-refractivity contribution >= 4 is 28.8 Å². The first-order chi connectivity index (χ1) is 15.4. The van der Waals surface area contributed by atoms with Gasteiger partial charge in [0.2, 0.25) is 0 Å². The third-order valence-corrected chi connectivity index (χ3v) is 6.02. The number of aryl methyl sites for hydroxylation is 2. The number of hydrogen-bond acceptors (Lipinski definition) is 7. The van der Waals surface area contributed by atoms with Crippen LogP contribution in [0.2, 0.25) is 0 Å². The van der Waals surface area contributed by atoms with Gasteiger partial charge in [-0.25, -0.2) is 14.8 Å². The van der Waals surface area contributed by atoms with Gasteiger partial charge in [-0.3, -0.25) is 4.57 Å². The van der Waals surface area contributed by atoms with Crippen LogP contribution in [0.15, 0.2) is 52.1 Å². The molecule has 4 rings (SSSR count). The van der Waals surface area contributed by atoms with Gasteiger partial charge in [-0.2, -0.15) is 8.78 Å². The molecular weight excluding hydrogens is 438 g/mol. The van der Waals surface area contributed by atoms with Crippen molar-refractivity contribution in [3.8, 4) is 0 Å². The van der Waals surface area contributed by atoms with E-state index in [0.717, 1.165) is 15.8 Å². The molecule has 0 aliphatic heterocycles. The molecule has 0 aliphatic rings. The Morgan fingerprint density at radius 2 is 2.00 bits per heavy atom. The molecule has 1 aromatic carbocycles. The fraction of sp³-hybridized carbons (Fsp3) is 0.273.